The summed E-state index contributed by atoms with van der Waals surface area (Å²) in [5.74, 6) is 0.569. The second-order valence-electron chi connectivity index (χ2n) is 8.94. The quantitative estimate of drug-likeness (QED) is 0.468. The summed E-state index contributed by atoms with van der Waals surface area (Å²) in [5, 5.41) is 23.4. The average Bonchev–Trinajstić information content (AvgIpc) is 3.56. The first-order valence-corrected chi connectivity index (χ1v) is 11.7. The van der Waals surface area contributed by atoms with Crippen LogP contribution in [0, 0.1) is 5.92 Å². The second kappa shape index (κ2) is 8.86. The zero-order chi connectivity index (χ0) is 22.1. The third-order valence-electron chi connectivity index (χ3n) is 6.77. The molecule has 5 rings (SSSR count). The van der Waals surface area contributed by atoms with Gasteiger partial charge in [-0.3, -0.25) is 9.36 Å². The van der Waals surface area contributed by atoms with E-state index in [1.165, 1.54) is 0 Å². The standard InChI is InChI=1S/C24H31N7O/c1-3-20(4-2)30-15-19(12-27-30)24-23-9-10-25-31(23)16-22(28-24)18-11-26-29(14-18)13-17-5-7-21(32)8-6-17/h9-12,14-17,20-21,32H,3-8,13H2,1-2H3/t17-,21+. The molecule has 1 aliphatic rings. The predicted molar refractivity (Wildman–Crippen MR) is 123 cm³/mol. The molecule has 4 aromatic heterocycles. The van der Waals surface area contributed by atoms with Gasteiger partial charge in [-0.1, -0.05) is 13.8 Å². The number of hydrogen-bond acceptors (Lipinski definition) is 5. The number of aliphatic hydroxyl groups is 1. The Hall–Kier alpha value is -3.00. The van der Waals surface area contributed by atoms with Crippen LogP contribution in [0.5, 0.6) is 0 Å². The summed E-state index contributed by atoms with van der Waals surface area (Å²) in [4.78, 5) is 5.01. The molecule has 1 aliphatic carbocycles. The third kappa shape index (κ3) is 4.07. The summed E-state index contributed by atoms with van der Waals surface area (Å²) in [7, 11) is 0. The van der Waals surface area contributed by atoms with E-state index < -0.39 is 0 Å². The third-order valence-corrected chi connectivity index (χ3v) is 6.77. The topological polar surface area (TPSA) is 86.1 Å². The van der Waals surface area contributed by atoms with Gasteiger partial charge in [0.2, 0.25) is 0 Å². The van der Waals surface area contributed by atoms with Crippen molar-refractivity contribution in [1.29, 1.82) is 0 Å². The van der Waals surface area contributed by atoms with Crippen LogP contribution >= 0.6 is 0 Å². The van der Waals surface area contributed by atoms with Gasteiger partial charge in [0.15, 0.2) is 0 Å². The van der Waals surface area contributed by atoms with Gasteiger partial charge >= 0.3 is 0 Å². The van der Waals surface area contributed by atoms with Crippen molar-refractivity contribution in [3.8, 4) is 22.5 Å². The van der Waals surface area contributed by atoms with Gasteiger partial charge < -0.3 is 5.11 Å². The van der Waals surface area contributed by atoms with E-state index in [1.54, 1.807) is 6.20 Å². The van der Waals surface area contributed by atoms with Gasteiger partial charge in [-0.2, -0.15) is 15.3 Å². The Bertz CT molecular complexity index is 1180. The number of fused-ring (bicyclic) bond motifs is 1. The van der Waals surface area contributed by atoms with Crippen molar-refractivity contribution >= 4 is 5.52 Å². The van der Waals surface area contributed by atoms with E-state index in [-0.39, 0.29) is 6.10 Å². The van der Waals surface area contributed by atoms with Gasteiger partial charge in [0, 0.05) is 30.1 Å². The minimum Gasteiger partial charge on any atom is -0.393 e. The molecule has 8 heteroatoms. The Morgan fingerprint density at radius 3 is 2.53 bits per heavy atom. The van der Waals surface area contributed by atoms with Crippen LogP contribution in [-0.4, -0.2) is 45.4 Å². The molecule has 0 unspecified atom stereocenters. The van der Waals surface area contributed by atoms with Crippen LogP contribution in [0.15, 0.2) is 43.2 Å². The molecule has 4 heterocycles. The van der Waals surface area contributed by atoms with Gasteiger partial charge in [0.05, 0.1) is 53.8 Å². The zero-order valence-electron chi connectivity index (χ0n) is 18.8. The summed E-state index contributed by atoms with van der Waals surface area (Å²) >= 11 is 0. The van der Waals surface area contributed by atoms with Crippen molar-refractivity contribution in [1.82, 2.24) is 34.2 Å². The van der Waals surface area contributed by atoms with E-state index >= 15 is 0 Å². The van der Waals surface area contributed by atoms with Gasteiger partial charge in [-0.15, -0.1) is 0 Å². The summed E-state index contributed by atoms with van der Waals surface area (Å²) < 4.78 is 5.94. The number of aromatic nitrogens is 7. The zero-order valence-corrected chi connectivity index (χ0v) is 18.8. The fourth-order valence-corrected chi connectivity index (χ4v) is 4.79. The highest BCUT2D eigenvalue weighted by Gasteiger charge is 2.20. The minimum absolute atomic E-state index is 0.128. The highest BCUT2D eigenvalue weighted by molar-refractivity contribution is 5.78. The lowest BCUT2D eigenvalue weighted by atomic mass is 9.87. The molecule has 0 aliphatic heterocycles. The molecular weight excluding hydrogens is 402 g/mol. The van der Waals surface area contributed by atoms with Crippen LogP contribution < -0.4 is 0 Å². The molecule has 1 fully saturated rings. The van der Waals surface area contributed by atoms with E-state index in [0.717, 1.165) is 73.1 Å². The summed E-state index contributed by atoms with van der Waals surface area (Å²) in [6, 6.07) is 2.38. The summed E-state index contributed by atoms with van der Waals surface area (Å²) in [5.41, 5.74) is 4.67. The Balaban J connectivity index is 1.44. The number of rotatable bonds is 7. The first-order valence-electron chi connectivity index (χ1n) is 11.7. The maximum Gasteiger partial charge on any atom is 0.0999 e. The van der Waals surface area contributed by atoms with E-state index in [4.69, 9.17) is 4.98 Å². The lowest BCUT2D eigenvalue weighted by Crippen LogP contribution is -2.21. The van der Waals surface area contributed by atoms with Crippen molar-refractivity contribution in [2.45, 2.75) is 71.1 Å². The molecule has 32 heavy (non-hydrogen) atoms. The monoisotopic (exact) mass is 433 g/mol. The highest BCUT2D eigenvalue weighted by Crippen LogP contribution is 2.29. The Labute approximate surface area is 187 Å². The van der Waals surface area contributed by atoms with Crippen molar-refractivity contribution in [3.05, 3.63) is 43.2 Å². The van der Waals surface area contributed by atoms with E-state index in [0.29, 0.717) is 12.0 Å². The molecule has 0 radical (unpaired) electrons. The van der Waals surface area contributed by atoms with Crippen molar-refractivity contribution in [3.63, 3.8) is 0 Å². The Morgan fingerprint density at radius 1 is 0.969 bits per heavy atom. The molecular formula is C24H31N7O. The van der Waals surface area contributed by atoms with Gasteiger partial charge in [0.25, 0.3) is 0 Å². The molecule has 1 saturated carbocycles. The highest BCUT2D eigenvalue weighted by atomic mass is 16.3. The molecule has 1 N–H and O–H groups in total. The number of nitrogens with zero attached hydrogens (tertiary/aromatic N) is 7. The number of aliphatic hydroxyl groups excluding tert-OH is 1. The van der Waals surface area contributed by atoms with Crippen LogP contribution in [-0.2, 0) is 6.54 Å². The Morgan fingerprint density at radius 2 is 1.75 bits per heavy atom. The van der Waals surface area contributed by atoms with Crippen LogP contribution in [0.25, 0.3) is 28.0 Å². The second-order valence-corrected chi connectivity index (χ2v) is 8.94. The van der Waals surface area contributed by atoms with E-state index in [1.807, 2.05) is 33.9 Å². The fraction of sp³-hybridized carbons (Fsp3) is 0.500. The van der Waals surface area contributed by atoms with Crippen LogP contribution in [0.2, 0.25) is 0 Å². The van der Waals surface area contributed by atoms with Crippen LogP contribution in [0.3, 0.4) is 0 Å². The van der Waals surface area contributed by atoms with Gasteiger partial charge in [0.1, 0.15) is 0 Å². The first kappa shape index (κ1) is 20.9. The van der Waals surface area contributed by atoms with E-state index in [9.17, 15) is 5.11 Å². The fourth-order valence-electron chi connectivity index (χ4n) is 4.79. The first-order chi connectivity index (χ1) is 15.6. The molecule has 8 nitrogen and oxygen atoms in total. The minimum atomic E-state index is -0.128. The van der Waals surface area contributed by atoms with E-state index in [2.05, 4.69) is 46.2 Å². The summed E-state index contributed by atoms with van der Waals surface area (Å²) in [6.07, 6.45) is 17.6. The normalized spacial score (nSPS) is 19.2. The lowest BCUT2D eigenvalue weighted by molar-refractivity contribution is 0.103. The number of hydrogen-bond donors (Lipinski definition) is 1. The van der Waals surface area contributed by atoms with Gasteiger partial charge in [-0.05, 0) is 50.5 Å². The van der Waals surface area contributed by atoms with Crippen LogP contribution in [0.4, 0.5) is 0 Å². The van der Waals surface area contributed by atoms with Gasteiger partial charge in [-0.25, -0.2) is 9.50 Å². The molecule has 0 atom stereocenters. The van der Waals surface area contributed by atoms with Crippen LogP contribution in [0.1, 0.15) is 58.4 Å². The Kier molecular flexibility index (Phi) is 5.78. The average molecular weight is 434 g/mol. The maximum absolute atomic E-state index is 9.75. The SMILES string of the molecule is CCC(CC)n1cc(-c2nc(-c3cnn(C[C@H]4CC[C@@H](O)CC4)c3)cn3nccc23)cn1. The lowest BCUT2D eigenvalue weighted by Gasteiger charge is -2.25. The molecule has 0 saturated heterocycles. The van der Waals surface area contributed by atoms with Crippen molar-refractivity contribution < 1.29 is 5.11 Å². The molecule has 4 aromatic rings. The van der Waals surface area contributed by atoms with Crippen molar-refractivity contribution in [2.75, 3.05) is 0 Å². The largest absolute Gasteiger partial charge is 0.393 e. The molecule has 0 amide bonds. The predicted octanol–water partition coefficient (Wildman–Crippen LogP) is 4.37. The molecule has 168 valence electrons. The maximum atomic E-state index is 9.75. The molecule has 0 bridgehead atoms. The summed E-state index contributed by atoms with van der Waals surface area (Å²) in [6.45, 7) is 5.26. The van der Waals surface area contributed by atoms with Crippen molar-refractivity contribution in [2.24, 2.45) is 5.92 Å². The molecule has 0 aromatic carbocycles. The molecule has 0 spiro atoms. The smallest absolute Gasteiger partial charge is 0.0999 e.